The van der Waals surface area contributed by atoms with Crippen LogP contribution >= 0.6 is 7.37 Å². The van der Waals surface area contributed by atoms with Crippen LogP contribution in [0.25, 0.3) is 0 Å². The molecule has 2 aromatic carbocycles. The molecular formula is C22H32NO6P. The highest BCUT2D eigenvalue weighted by atomic mass is 31.2. The summed E-state index contributed by atoms with van der Waals surface area (Å²) in [6, 6.07) is 10.4. The molecule has 30 heavy (non-hydrogen) atoms. The Balaban J connectivity index is 2.54. The molecule has 0 heterocycles. The number of aliphatic hydroxyl groups excluding tert-OH is 1. The molecule has 0 aliphatic carbocycles. The van der Waals surface area contributed by atoms with E-state index in [1.807, 2.05) is 38.1 Å². The molecule has 0 unspecified atom stereocenters. The van der Waals surface area contributed by atoms with E-state index in [-0.39, 0.29) is 6.61 Å². The van der Waals surface area contributed by atoms with Gasteiger partial charge >= 0.3 is 0 Å². The third kappa shape index (κ3) is 5.09. The van der Waals surface area contributed by atoms with Crippen LogP contribution in [0, 0.1) is 0 Å². The Hall–Kier alpha value is -2.21. The van der Waals surface area contributed by atoms with Gasteiger partial charge in [0.25, 0.3) is 7.37 Å². The Morgan fingerprint density at radius 1 is 1.00 bits per heavy atom. The van der Waals surface area contributed by atoms with Crippen molar-refractivity contribution in [1.29, 1.82) is 0 Å². The molecule has 1 N–H and O–H groups in total. The van der Waals surface area contributed by atoms with Crippen molar-refractivity contribution in [2.75, 3.05) is 46.9 Å². The van der Waals surface area contributed by atoms with Gasteiger partial charge in [-0.1, -0.05) is 13.3 Å². The van der Waals surface area contributed by atoms with E-state index in [0.717, 1.165) is 18.5 Å². The zero-order valence-corrected chi connectivity index (χ0v) is 19.4. The summed E-state index contributed by atoms with van der Waals surface area (Å²) in [5, 5.41) is 11.7. The number of hydrogen-bond acceptors (Lipinski definition) is 7. The molecule has 0 saturated heterocycles. The molecular weight excluding hydrogens is 405 g/mol. The van der Waals surface area contributed by atoms with E-state index < -0.39 is 13.2 Å². The summed E-state index contributed by atoms with van der Waals surface area (Å²) in [7, 11) is 4.67. The minimum Gasteiger partial charge on any atom is -0.493 e. The molecule has 0 radical (unpaired) electrons. The molecule has 0 aliphatic heterocycles. The topological polar surface area (TPSA) is 77.5 Å². The number of rotatable bonds is 11. The van der Waals surface area contributed by atoms with Crippen LogP contribution in [0.3, 0.4) is 0 Å². The standard InChI is InChI=1S/C22H32NO6P/c1-7-8-13-29-30(25,18-11-9-17(10-12-18)23(2)3)22(24)16-14-19(26-4)21(28-6)20(15-16)27-5/h9-12,14-15,22,24H,7-8,13H2,1-6H3/t22-,30-/m0/s1. The summed E-state index contributed by atoms with van der Waals surface area (Å²) in [4.78, 5) is 1.95. The lowest BCUT2D eigenvalue weighted by Gasteiger charge is -2.26. The minimum atomic E-state index is -3.66. The summed E-state index contributed by atoms with van der Waals surface area (Å²) in [5.41, 5.74) is 1.32. The second kappa shape index (κ2) is 10.7. The largest absolute Gasteiger partial charge is 0.493 e. The van der Waals surface area contributed by atoms with E-state index in [9.17, 15) is 9.67 Å². The van der Waals surface area contributed by atoms with E-state index in [1.165, 1.54) is 21.3 Å². The van der Waals surface area contributed by atoms with E-state index in [1.54, 1.807) is 24.3 Å². The van der Waals surface area contributed by atoms with Gasteiger partial charge in [-0.25, -0.2) is 0 Å². The fourth-order valence-electron chi connectivity index (χ4n) is 3.04. The van der Waals surface area contributed by atoms with Crippen molar-refractivity contribution in [3.05, 3.63) is 42.0 Å². The van der Waals surface area contributed by atoms with Gasteiger partial charge in [-0.15, -0.1) is 0 Å². The number of methoxy groups -OCH3 is 3. The third-order valence-electron chi connectivity index (χ3n) is 4.81. The average molecular weight is 437 g/mol. The van der Waals surface area contributed by atoms with Crippen LogP contribution in [0.15, 0.2) is 36.4 Å². The molecule has 0 fully saturated rings. The molecule has 0 aromatic heterocycles. The van der Waals surface area contributed by atoms with Gasteiger partial charge in [-0.05, 0) is 48.4 Å². The lowest BCUT2D eigenvalue weighted by atomic mass is 10.2. The predicted molar refractivity (Wildman–Crippen MR) is 120 cm³/mol. The van der Waals surface area contributed by atoms with Crippen molar-refractivity contribution in [2.24, 2.45) is 0 Å². The minimum absolute atomic E-state index is 0.282. The van der Waals surface area contributed by atoms with Crippen molar-refractivity contribution in [2.45, 2.75) is 25.6 Å². The van der Waals surface area contributed by atoms with Gasteiger partial charge in [-0.2, -0.15) is 0 Å². The average Bonchev–Trinajstić information content (AvgIpc) is 2.77. The van der Waals surface area contributed by atoms with Crippen molar-refractivity contribution in [3.63, 3.8) is 0 Å². The van der Waals surface area contributed by atoms with Crippen LogP contribution in [0.4, 0.5) is 5.69 Å². The molecule has 2 rings (SSSR count). The lowest BCUT2D eigenvalue weighted by molar-refractivity contribution is 0.211. The van der Waals surface area contributed by atoms with E-state index in [4.69, 9.17) is 18.7 Å². The molecule has 8 heteroatoms. The summed E-state index contributed by atoms with van der Waals surface area (Å²) in [6.07, 6.45) is 1.63. The van der Waals surface area contributed by atoms with Crippen LogP contribution in [0.5, 0.6) is 17.2 Å². The van der Waals surface area contributed by atoms with Crippen LogP contribution in [-0.4, -0.2) is 47.1 Å². The number of ether oxygens (including phenoxy) is 3. The van der Waals surface area contributed by atoms with Crippen molar-refractivity contribution in [1.82, 2.24) is 0 Å². The first kappa shape index (κ1) is 24.1. The fourth-order valence-corrected chi connectivity index (χ4v) is 5.12. The van der Waals surface area contributed by atoms with Crippen LogP contribution in [-0.2, 0) is 9.09 Å². The smallest absolute Gasteiger partial charge is 0.264 e. The Morgan fingerprint density at radius 2 is 1.57 bits per heavy atom. The first-order chi connectivity index (χ1) is 14.3. The number of unbranched alkanes of at least 4 members (excludes halogenated alkanes) is 1. The second-order valence-electron chi connectivity index (χ2n) is 7.03. The molecule has 0 spiro atoms. The van der Waals surface area contributed by atoms with Crippen LogP contribution < -0.4 is 24.4 Å². The Morgan fingerprint density at radius 3 is 2.00 bits per heavy atom. The number of nitrogens with zero attached hydrogens (tertiary/aromatic N) is 1. The highest BCUT2D eigenvalue weighted by Gasteiger charge is 2.37. The molecule has 7 nitrogen and oxygen atoms in total. The van der Waals surface area contributed by atoms with Gasteiger partial charge in [0, 0.05) is 25.1 Å². The van der Waals surface area contributed by atoms with Gasteiger partial charge in [0.2, 0.25) is 5.75 Å². The van der Waals surface area contributed by atoms with Crippen molar-refractivity contribution >= 4 is 18.4 Å². The van der Waals surface area contributed by atoms with E-state index in [2.05, 4.69) is 0 Å². The zero-order chi connectivity index (χ0) is 22.3. The maximum atomic E-state index is 14.0. The highest BCUT2D eigenvalue weighted by molar-refractivity contribution is 7.67. The number of benzene rings is 2. The molecule has 2 atom stereocenters. The number of aliphatic hydroxyl groups is 1. The van der Waals surface area contributed by atoms with Gasteiger partial charge in [-0.3, -0.25) is 4.57 Å². The fraction of sp³-hybridized carbons (Fsp3) is 0.455. The summed E-state index contributed by atoms with van der Waals surface area (Å²) >= 11 is 0. The van der Waals surface area contributed by atoms with Gasteiger partial charge < -0.3 is 28.7 Å². The monoisotopic (exact) mass is 437 g/mol. The summed E-state index contributed by atoms with van der Waals surface area (Å²) < 4.78 is 36.0. The Kier molecular flexibility index (Phi) is 8.59. The van der Waals surface area contributed by atoms with Crippen molar-refractivity contribution in [3.8, 4) is 17.2 Å². The predicted octanol–water partition coefficient (Wildman–Crippen LogP) is 4.19. The SMILES string of the molecule is CCCCO[P@@](=O)(c1ccc(N(C)C)cc1)[C@H](O)c1cc(OC)c(OC)c(OC)c1. The number of hydrogen-bond donors (Lipinski definition) is 1. The normalized spacial score (nSPS) is 14.0. The van der Waals surface area contributed by atoms with Crippen LogP contribution in [0.1, 0.15) is 31.2 Å². The first-order valence-electron chi connectivity index (χ1n) is 9.82. The molecule has 2 aromatic rings. The molecule has 0 aliphatic rings. The maximum Gasteiger partial charge on any atom is 0.264 e. The molecule has 0 saturated carbocycles. The number of anilines is 1. The maximum absolute atomic E-state index is 14.0. The third-order valence-corrected chi connectivity index (χ3v) is 7.34. The quantitative estimate of drug-likeness (QED) is 0.417. The summed E-state index contributed by atoms with van der Waals surface area (Å²) in [5.74, 6) is -0.260. The first-order valence-corrected chi connectivity index (χ1v) is 11.5. The van der Waals surface area contributed by atoms with Crippen LogP contribution in [0.2, 0.25) is 0 Å². The highest BCUT2D eigenvalue weighted by Crippen LogP contribution is 2.59. The van der Waals surface area contributed by atoms with Gasteiger partial charge in [0.15, 0.2) is 17.3 Å². The van der Waals surface area contributed by atoms with Crippen molar-refractivity contribution < 1.29 is 28.4 Å². The van der Waals surface area contributed by atoms with Gasteiger partial charge in [0.05, 0.1) is 27.9 Å². The van der Waals surface area contributed by atoms with E-state index in [0.29, 0.717) is 28.1 Å². The molecule has 0 amide bonds. The van der Waals surface area contributed by atoms with Gasteiger partial charge in [0.1, 0.15) is 0 Å². The lowest BCUT2D eigenvalue weighted by Crippen LogP contribution is -2.16. The summed E-state index contributed by atoms with van der Waals surface area (Å²) in [6.45, 7) is 2.31. The molecule has 0 bridgehead atoms. The van der Waals surface area contributed by atoms with E-state index >= 15 is 0 Å². The second-order valence-corrected chi connectivity index (χ2v) is 9.48. The molecule has 166 valence electrons. The zero-order valence-electron chi connectivity index (χ0n) is 18.5. The Bertz CT molecular complexity index is 843. The Labute approximate surface area is 179 Å².